The first-order valence-corrected chi connectivity index (χ1v) is 10.5. The molecule has 10 nitrogen and oxygen atoms in total. The SMILES string of the molecule is Cc1ccc(Nc2c3c(=O)[nH]c(=O)n(-c4cccc(OCC(N)=O)c4)c3c(C)c(=O)n2C)c(F)c1. The molecular formula is C24H22FN5O5. The van der Waals surface area contributed by atoms with Gasteiger partial charge in [-0.2, -0.15) is 0 Å². The molecule has 0 atom stereocenters. The molecule has 0 aliphatic carbocycles. The number of carbonyl (C=O) groups is 1. The fourth-order valence-electron chi connectivity index (χ4n) is 3.84. The van der Waals surface area contributed by atoms with Crippen molar-refractivity contribution in [2.45, 2.75) is 13.8 Å². The highest BCUT2D eigenvalue weighted by atomic mass is 19.1. The maximum Gasteiger partial charge on any atom is 0.333 e. The van der Waals surface area contributed by atoms with Gasteiger partial charge in [0.2, 0.25) is 0 Å². The van der Waals surface area contributed by atoms with Crippen LogP contribution in [0.1, 0.15) is 11.1 Å². The number of hydrogen-bond donors (Lipinski definition) is 3. The summed E-state index contributed by atoms with van der Waals surface area (Å²) in [6.45, 7) is 2.85. The predicted molar refractivity (Wildman–Crippen MR) is 129 cm³/mol. The zero-order valence-electron chi connectivity index (χ0n) is 19.1. The van der Waals surface area contributed by atoms with Gasteiger partial charge in [-0.1, -0.05) is 12.1 Å². The van der Waals surface area contributed by atoms with E-state index in [2.05, 4.69) is 10.3 Å². The van der Waals surface area contributed by atoms with Crippen molar-refractivity contribution in [3.63, 3.8) is 0 Å². The highest BCUT2D eigenvalue weighted by molar-refractivity contribution is 5.93. The molecule has 4 N–H and O–H groups in total. The number of aromatic amines is 1. The minimum Gasteiger partial charge on any atom is -0.484 e. The molecule has 180 valence electrons. The molecule has 0 unspecified atom stereocenters. The smallest absolute Gasteiger partial charge is 0.333 e. The van der Waals surface area contributed by atoms with Crippen LogP contribution in [-0.4, -0.2) is 26.6 Å². The molecule has 4 rings (SSSR count). The number of primary amides is 1. The number of fused-ring (bicyclic) bond motifs is 1. The molecule has 0 fully saturated rings. The summed E-state index contributed by atoms with van der Waals surface area (Å²) in [5, 5.41) is 2.82. The van der Waals surface area contributed by atoms with Gasteiger partial charge in [0.15, 0.2) is 6.61 Å². The van der Waals surface area contributed by atoms with Gasteiger partial charge in [0.1, 0.15) is 22.8 Å². The van der Waals surface area contributed by atoms with Crippen molar-refractivity contribution in [1.29, 1.82) is 0 Å². The Kier molecular flexibility index (Phi) is 6.00. The Labute approximate surface area is 197 Å². The summed E-state index contributed by atoms with van der Waals surface area (Å²) in [5.74, 6) is -1.00. The fourth-order valence-corrected chi connectivity index (χ4v) is 3.84. The lowest BCUT2D eigenvalue weighted by Crippen LogP contribution is -2.34. The van der Waals surface area contributed by atoms with Crippen molar-refractivity contribution in [3.05, 3.63) is 90.6 Å². The lowest BCUT2D eigenvalue weighted by atomic mass is 10.1. The zero-order valence-corrected chi connectivity index (χ0v) is 19.1. The first-order chi connectivity index (χ1) is 16.6. The van der Waals surface area contributed by atoms with Gasteiger partial charge in [-0.3, -0.25) is 28.5 Å². The van der Waals surface area contributed by atoms with Gasteiger partial charge < -0.3 is 15.8 Å². The van der Waals surface area contributed by atoms with Crippen molar-refractivity contribution in [2.75, 3.05) is 11.9 Å². The van der Waals surface area contributed by atoms with Crippen molar-refractivity contribution in [2.24, 2.45) is 12.8 Å². The summed E-state index contributed by atoms with van der Waals surface area (Å²) in [7, 11) is 1.44. The summed E-state index contributed by atoms with van der Waals surface area (Å²) in [6, 6.07) is 10.7. The Morgan fingerprint density at radius 3 is 2.57 bits per heavy atom. The molecule has 2 heterocycles. The Bertz CT molecular complexity index is 1670. The van der Waals surface area contributed by atoms with Crippen LogP contribution in [0.3, 0.4) is 0 Å². The number of nitrogens with two attached hydrogens (primary N) is 1. The Morgan fingerprint density at radius 2 is 1.89 bits per heavy atom. The standard InChI is InChI=1S/C24H22FN5O5/c1-12-7-8-17(16(25)9-12)27-21-19-20(13(2)23(33)29(21)3)30(24(34)28-22(19)32)14-5-4-6-15(10-14)35-11-18(26)31/h4-10,27H,11H2,1-3H3,(H2,26,31)(H,28,32,34). The quantitative estimate of drug-likeness (QED) is 0.385. The highest BCUT2D eigenvalue weighted by Gasteiger charge is 2.21. The van der Waals surface area contributed by atoms with E-state index >= 15 is 0 Å². The molecule has 0 aliphatic heterocycles. The molecule has 0 saturated heterocycles. The summed E-state index contributed by atoms with van der Waals surface area (Å²) >= 11 is 0. The average Bonchev–Trinajstić information content (AvgIpc) is 2.80. The molecule has 11 heteroatoms. The van der Waals surface area contributed by atoms with Crippen molar-refractivity contribution in [1.82, 2.24) is 14.1 Å². The monoisotopic (exact) mass is 479 g/mol. The maximum absolute atomic E-state index is 14.6. The molecule has 0 saturated carbocycles. The van der Waals surface area contributed by atoms with Gasteiger partial charge in [-0.05, 0) is 43.7 Å². The Hall–Kier alpha value is -4.67. The van der Waals surface area contributed by atoms with Crippen LogP contribution in [0.25, 0.3) is 16.6 Å². The van der Waals surface area contributed by atoms with Crippen LogP contribution in [0.15, 0.2) is 56.8 Å². The molecular weight excluding hydrogens is 457 g/mol. The van der Waals surface area contributed by atoms with Crippen LogP contribution < -0.4 is 32.6 Å². The number of carbonyl (C=O) groups excluding carboxylic acids is 1. The van der Waals surface area contributed by atoms with Crippen LogP contribution in [0, 0.1) is 19.7 Å². The molecule has 0 radical (unpaired) electrons. The van der Waals surface area contributed by atoms with Gasteiger partial charge in [-0.15, -0.1) is 0 Å². The van der Waals surface area contributed by atoms with E-state index in [-0.39, 0.29) is 46.0 Å². The van der Waals surface area contributed by atoms with Gasteiger partial charge >= 0.3 is 5.69 Å². The summed E-state index contributed by atoms with van der Waals surface area (Å²) in [4.78, 5) is 52.4. The van der Waals surface area contributed by atoms with Gasteiger partial charge in [0.05, 0.1) is 16.9 Å². The molecule has 0 bridgehead atoms. The Balaban J connectivity index is 2.02. The zero-order chi connectivity index (χ0) is 25.4. The average molecular weight is 479 g/mol. The Morgan fingerprint density at radius 1 is 1.14 bits per heavy atom. The van der Waals surface area contributed by atoms with Crippen LogP contribution in [-0.2, 0) is 11.8 Å². The maximum atomic E-state index is 14.6. The van der Waals surface area contributed by atoms with E-state index in [1.165, 1.54) is 36.7 Å². The van der Waals surface area contributed by atoms with Crippen LogP contribution >= 0.6 is 0 Å². The van der Waals surface area contributed by atoms with Crippen LogP contribution in [0.2, 0.25) is 0 Å². The minimum absolute atomic E-state index is 0.00878. The summed E-state index contributed by atoms with van der Waals surface area (Å²) in [5.41, 5.74) is 4.27. The first kappa shape index (κ1) is 23.5. The number of aryl methyl sites for hydroxylation is 2. The molecule has 4 aromatic rings. The topological polar surface area (TPSA) is 141 Å². The molecule has 2 aromatic heterocycles. The van der Waals surface area contributed by atoms with Crippen LogP contribution in [0.4, 0.5) is 15.9 Å². The number of rotatable bonds is 6. The van der Waals surface area contributed by atoms with E-state index in [1.807, 2.05) is 0 Å². The fraction of sp³-hybridized carbons (Fsp3) is 0.167. The van der Waals surface area contributed by atoms with E-state index in [0.717, 1.165) is 4.57 Å². The third kappa shape index (κ3) is 4.31. The number of amides is 1. The third-order valence-electron chi connectivity index (χ3n) is 5.50. The number of halogens is 1. The van der Waals surface area contributed by atoms with Crippen molar-refractivity contribution >= 4 is 28.3 Å². The van der Waals surface area contributed by atoms with Gasteiger partial charge in [-0.25, -0.2) is 9.18 Å². The second-order valence-electron chi connectivity index (χ2n) is 8.02. The first-order valence-electron chi connectivity index (χ1n) is 10.5. The highest BCUT2D eigenvalue weighted by Crippen LogP contribution is 2.27. The van der Waals surface area contributed by atoms with E-state index in [1.54, 1.807) is 31.2 Å². The molecule has 1 amide bonds. The lowest BCUT2D eigenvalue weighted by molar-refractivity contribution is -0.119. The van der Waals surface area contributed by atoms with E-state index in [0.29, 0.717) is 5.56 Å². The minimum atomic E-state index is -0.793. The van der Waals surface area contributed by atoms with Gasteiger partial charge in [0, 0.05) is 18.7 Å². The second-order valence-corrected chi connectivity index (χ2v) is 8.02. The molecule has 2 aromatic carbocycles. The normalized spacial score (nSPS) is 11.0. The van der Waals surface area contributed by atoms with Gasteiger partial charge in [0.25, 0.3) is 17.0 Å². The number of aromatic nitrogens is 3. The number of ether oxygens (including phenoxy) is 1. The largest absolute Gasteiger partial charge is 0.484 e. The summed E-state index contributed by atoms with van der Waals surface area (Å²) in [6.07, 6.45) is 0. The number of nitrogens with zero attached hydrogens (tertiary/aromatic N) is 2. The van der Waals surface area contributed by atoms with Crippen molar-refractivity contribution < 1.29 is 13.9 Å². The van der Waals surface area contributed by atoms with E-state index in [9.17, 15) is 23.6 Å². The van der Waals surface area contributed by atoms with E-state index < -0.39 is 28.5 Å². The molecule has 0 spiro atoms. The number of nitrogens with one attached hydrogen (secondary N) is 2. The summed E-state index contributed by atoms with van der Waals surface area (Å²) < 4.78 is 22.3. The number of pyridine rings is 1. The van der Waals surface area contributed by atoms with E-state index in [4.69, 9.17) is 10.5 Å². The number of H-pyrrole nitrogens is 1. The lowest BCUT2D eigenvalue weighted by Gasteiger charge is -2.19. The number of hydrogen-bond acceptors (Lipinski definition) is 6. The van der Waals surface area contributed by atoms with Crippen molar-refractivity contribution in [3.8, 4) is 11.4 Å². The predicted octanol–water partition coefficient (Wildman–Crippen LogP) is 1.74. The third-order valence-corrected chi connectivity index (χ3v) is 5.50. The van der Waals surface area contributed by atoms with Crippen LogP contribution in [0.5, 0.6) is 5.75 Å². The molecule has 0 aliphatic rings. The molecule has 35 heavy (non-hydrogen) atoms. The number of benzene rings is 2. The second kappa shape index (κ2) is 8.93. The number of anilines is 2.